The number of anilines is 1. The van der Waals surface area contributed by atoms with E-state index in [-0.39, 0.29) is 5.91 Å². The fourth-order valence-corrected chi connectivity index (χ4v) is 2.00. The molecule has 0 fully saturated rings. The Morgan fingerprint density at radius 2 is 1.65 bits per heavy atom. The van der Waals surface area contributed by atoms with E-state index in [1.54, 1.807) is 19.1 Å². The molecule has 23 heavy (non-hydrogen) atoms. The number of urea groups is 1. The van der Waals surface area contributed by atoms with E-state index in [0.717, 1.165) is 5.56 Å². The molecule has 0 aliphatic heterocycles. The summed E-state index contributed by atoms with van der Waals surface area (Å²) in [6.07, 6.45) is 0. The highest BCUT2D eigenvalue weighted by Crippen LogP contribution is 2.05. The third-order valence-corrected chi connectivity index (χ3v) is 3.36. The molecule has 5 nitrogen and oxygen atoms in total. The Kier molecular flexibility index (Phi) is 5.74. The summed E-state index contributed by atoms with van der Waals surface area (Å²) in [5.74, 6) is -0.228. The predicted octanol–water partition coefficient (Wildman–Crippen LogP) is 2.82. The molecule has 2 aromatic rings. The zero-order chi connectivity index (χ0) is 16.7. The minimum atomic E-state index is -0.621. The quantitative estimate of drug-likeness (QED) is 0.794. The molecule has 0 saturated heterocycles. The first-order chi connectivity index (χ1) is 11.0. The van der Waals surface area contributed by atoms with Gasteiger partial charge in [0.15, 0.2) is 0 Å². The van der Waals surface area contributed by atoms with Gasteiger partial charge in [-0.3, -0.25) is 4.79 Å². The van der Waals surface area contributed by atoms with Crippen molar-refractivity contribution < 1.29 is 9.59 Å². The number of para-hydroxylation sites is 1. The molecule has 2 rings (SSSR count). The lowest BCUT2D eigenvalue weighted by atomic mass is 10.1. The molecule has 0 radical (unpaired) electrons. The maximum atomic E-state index is 12.0. The molecule has 0 bridgehead atoms. The highest BCUT2D eigenvalue weighted by molar-refractivity contribution is 5.93. The first kappa shape index (κ1) is 16.5. The van der Waals surface area contributed by atoms with Crippen LogP contribution in [0.1, 0.15) is 18.1 Å². The molecule has 0 spiro atoms. The van der Waals surface area contributed by atoms with Crippen LogP contribution >= 0.6 is 0 Å². The molecule has 5 heteroatoms. The average molecular weight is 311 g/mol. The predicted molar refractivity (Wildman–Crippen MR) is 91.1 cm³/mol. The summed E-state index contributed by atoms with van der Waals surface area (Å²) in [7, 11) is 0. The number of nitrogens with one attached hydrogen (secondary N) is 3. The fourth-order valence-electron chi connectivity index (χ4n) is 2.00. The van der Waals surface area contributed by atoms with Crippen LogP contribution in [0.2, 0.25) is 0 Å². The first-order valence-corrected chi connectivity index (χ1v) is 7.50. The molecule has 0 heterocycles. The molecule has 120 valence electrons. The van der Waals surface area contributed by atoms with Gasteiger partial charge in [0.1, 0.15) is 6.04 Å². The van der Waals surface area contributed by atoms with Crippen LogP contribution in [-0.2, 0) is 11.3 Å². The summed E-state index contributed by atoms with van der Waals surface area (Å²) >= 11 is 0. The van der Waals surface area contributed by atoms with Crippen LogP contribution in [-0.4, -0.2) is 18.0 Å². The number of amides is 3. The van der Waals surface area contributed by atoms with Gasteiger partial charge in [-0.2, -0.15) is 0 Å². The van der Waals surface area contributed by atoms with Gasteiger partial charge in [-0.15, -0.1) is 0 Å². The summed E-state index contributed by atoms with van der Waals surface area (Å²) in [6.45, 7) is 4.10. The molecule has 0 saturated carbocycles. The molecule has 3 amide bonds. The molecule has 3 N–H and O–H groups in total. The number of hydrogen-bond acceptors (Lipinski definition) is 2. The van der Waals surface area contributed by atoms with E-state index in [2.05, 4.69) is 16.0 Å². The Hall–Kier alpha value is -2.82. The number of carbonyl (C=O) groups excluding carboxylic acids is 2. The van der Waals surface area contributed by atoms with Crippen molar-refractivity contribution in [2.24, 2.45) is 0 Å². The van der Waals surface area contributed by atoms with E-state index in [9.17, 15) is 9.59 Å². The van der Waals surface area contributed by atoms with Gasteiger partial charge < -0.3 is 16.0 Å². The molecule has 0 aliphatic rings. The lowest BCUT2D eigenvalue weighted by Crippen LogP contribution is -2.46. The largest absolute Gasteiger partial charge is 0.350 e. The van der Waals surface area contributed by atoms with Gasteiger partial charge in [0.05, 0.1) is 0 Å². The molecule has 0 aliphatic carbocycles. The van der Waals surface area contributed by atoms with E-state index in [0.29, 0.717) is 12.2 Å². The highest BCUT2D eigenvalue weighted by atomic mass is 16.2. The number of benzene rings is 2. The normalized spacial score (nSPS) is 11.4. The smallest absolute Gasteiger partial charge is 0.319 e. The summed E-state index contributed by atoms with van der Waals surface area (Å²) in [4.78, 5) is 23.9. The van der Waals surface area contributed by atoms with Crippen LogP contribution in [0.4, 0.5) is 10.5 Å². The number of hydrogen-bond donors (Lipinski definition) is 3. The van der Waals surface area contributed by atoms with E-state index in [4.69, 9.17) is 0 Å². The third-order valence-electron chi connectivity index (χ3n) is 3.36. The molecular formula is C18H21N3O2. The summed E-state index contributed by atoms with van der Waals surface area (Å²) in [5, 5.41) is 8.10. The van der Waals surface area contributed by atoms with E-state index < -0.39 is 12.1 Å². The second-order valence-electron chi connectivity index (χ2n) is 5.39. The first-order valence-electron chi connectivity index (χ1n) is 7.50. The van der Waals surface area contributed by atoms with Gasteiger partial charge in [-0.1, -0.05) is 48.0 Å². The monoisotopic (exact) mass is 311 g/mol. The maximum absolute atomic E-state index is 12.0. The van der Waals surface area contributed by atoms with Crippen molar-refractivity contribution in [2.45, 2.75) is 26.4 Å². The molecule has 0 aromatic heterocycles. The second kappa shape index (κ2) is 7.98. The van der Waals surface area contributed by atoms with Gasteiger partial charge >= 0.3 is 6.03 Å². The second-order valence-corrected chi connectivity index (χ2v) is 5.39. The fraction of sp³-hybridized carbons (Fsp3) is 0.222. The molecular weight excluding hydrogens is 290 g/mol. The van der Waals surface area contributed by atoms with Crippen molar-refractivity contribution in [3.63, 3.8) is 0 Å². The Morgan fingerprint density at radius 1 is 1.00 bits per heavy atom. The van der Waals surface area contributed by atoms with Crippen molar-refractivity contribution >= 4 is 17.6 Å². The number of rotatable bonds is 5. The van der Waals surface area contributed by atoms with Crippen molar-refractivity contribution in [1.29, 1.82) is 0 Å². The van der Waals surface area contributed by atoms with Crippen molar-refractivity contribution in [3.8, 4) is 0 Å². The third kappa shape index (κ3) is 5.47. The lowest BCUT2D eigenvalue weighted by molar-refractivity contribution is -0.122. The van der Waals surface area contributed by atoms with E-state index in [1.165, 1.54) is 5.56 Å². The van der Waals surface area contributed by atoms with Crippen LogP contribution in [0.25, 0.3) is 0 Å². The molecule has 1 atom stereocenters. The van der Waals surface area contributed by atoms with Crippen LogP contribution < -0.4 is 16.0 Å². The Balaban J connectivity index is 1.78. The topological polar surface area (TPSA) is 70.2 Å². The van der Waals surface area contributed by atoms with Gasteiger partial charge in [-0.25, -0.2) is 4.79 Å². The van der Waals surface area contributed by atoms with Crippen LogP contribution in [0.3, 0.4) is 0 Å². The van der Waals surface area contributed by atoms with Crippen molar-refractivity contribution in [1.82, 2.24) is 10.6 Å². The standard InChI is InChI=1S/C18H21N3O2/c1-13-8-10-15(11-9-13)12-19-17(22)14(2)20-18(23)21-16-6-4-3-5-7-16/h3-11,14H,12H2,1-2H3,(H,19,22)(H2,20,21,23). The Labute approximate surface area is 136 Å². The van der Waals surface area contributed by atoms with Crippen molar-refractivity contribution in [2.75, 3.05) is 5.32 Å². The number of carbonyl (C=O) groups is 2. The summed E-state index contributed by atoms with van der Waals surface area (Å²) in [6, 6.07) is 16.0. The van der Waals surface area contributed by atoms with E-state index >= 15 is 0 Å². The lowest BCUT2D eigenvalue weighted by Gasteiger charge is -2.15. The maximum Gasteiger partial charge on any atom is 0.319 e. The van der Waals surface area contributed by atoms with Gasteiger partial charge in [0.2, 0.25) is 5.91 Å². The SMILES string of the molecule is Cc1ccc(CNC(=O)C(C)NC(=O)Nc2ccccc2)cc1. The summed E-state index contributed by atoms with van der Waals surface area (Å²) < 4.78 is 0. The Bertz CT molecular complexity index is 654. The van der Waals surface area contributed by atoms with E-state index in [1.807, 2.05) is 49.4 Å². The average Bonchev–Trinajstić information content (AvgIpc) is 2.54. The Morgan fingerprint density at radius 3 is 2.30 bits per heavy atom. The highest BCUT2D eigenvalue weighted by Gasteiger charge is 2.15. The molecule has 1 unspecified atom stereocenters. The van der Waals surface area contributed by atoms with Gasteiger partial charge in [0.25, 0.3) is 0 Å². The minimum Gasteiger partial charge on any atom is -0.350 e. The van der Waals surface area contributed by atoms with Crippen LogP contribution in [0.5, 0.6) is 0 Å². The van der Waals surface area contributed by atoms with Crippen molar-refractivity contribution in [3.05, 3.63) is 65.7 Å². The minimum absolute atomic E-state index is 0.228. The van der Waals surface area contributed by atoms with Crippen LogP contribution in [0.15, 0.2) is 54.6 Å². The van der Waals surface area contributed by atoms with Gasteiger partial charge in [-0.05, 0) is 31.5 Å². The van der Waals surface area contributed by atoms with Crippen LogP contribution in [0, 0.1) is 6.92 Å². The zero-order valence-corrected chi connectivity index (χ0v) is 13.3. The molecule has 2 aromatic carbocycles. The summed E-state index contributed by atoms with van der Waals surface area (Å²) in [5.41, 5.74) is 2.87. The number of aryl methyl sites for hydroxylation is 1. The van der Waals surface area contributed by atoms with Gasteiger partial charge in [0, 0.05) is 12.2 Å². The zero-order valence-electron chi connectivity index (χ0n) is 13.3.